The van der Waals surface area contributed by atoms with E-state index < -0.39 is 33.5 Å². The van der Waals surface area contributed by atoms with E-state index in [2.05, 4.69) is 31.9 Å². The van der Waals surface area contributed by atoms with E-state index in [1.165, 1.54) is 6.92 Å². The maximum atomic E-state index is 13.6. The number of hydrogen-bond donors (Lipinski definition) is 2. The van der Waals surface area contributed by atoms with E-state index in [-0.39, 0.29) is 16.4 Å². The number of amides is 1. The fourth-order valence-electron chi connectivity index (χ4n) is 1.24. The summed E-state index contributed by atoms with van der Waals surface area (Å²) in [6, 6.07) is 0.225. The van der Waals surface area contributed by atoms with Gasteiger partial charge in [-0.2, -0.15) is 13.2 Å². The molecule has 104 valence electrons. The van der Waals surface area contributed by atoms with Crippen molar-refractivity contribution in [1.82, 2.24) is 5.32 Å². The summed E-state index contributed by atoms with van der Waals surface area (Å²) in [5.74, 6) is -2.60. The molecule has 0 saturated carbocycles. The van der Waals surface area contributed by atoms with E-state index in [0.717, 1.165) is 0 Å². The molecule has 0 bridgehead atoms. The lowest BCUT2D eigenvalue weighted by Gasteiger charge is -2.14. The molecule has 0 heterocycles. The number of amidine groups is 1. The highest BCUT2D eigenvalue weighted by Gasteiger charge is 2.36. The molecule has 1 amide bonds. The highest BCUT2D eigenvalue weighted by Crippen LogP contribution is 2.41. The molecule has 19 heavy (non-hydrogen) atoms. The van der Waals surface area contributed by atoms with Crippen LogP contribution >= 0.6 is 31.9 Å². The average Bonchev–Trinajstić information content (AvgIpc) is 2.20. The molecule has 0 radical (unpaired) electrons. The lowest BCUT2D eigenvalue weighted by atomic mass is 10.1. The molecule has 0 spiro atoms. The Morgan fingerprint density at radius 2 is 1.84 bits per heavy atom. The van der Waals surface area contributed by atoms with Crippen LogP contribution in [0.3, 0.4) is 0 Å². The summed E-state index contributed by atoms with van der Waals surface area (Å²) in [7, 11) is 0. The zero-order valence-electron chi connectivity index (χ0n) is 9.25. The molecule has 3 nitrogen and oxygen atoms in total. The van der Waals surface area contributed by atoms with Crippen LogP contribution in [-0.4, -0.2) is 11.7 Å². The minimum absolute atomic E-state index is 0.225. The molecule has 2 N–H and O–H groups in total. The summed E-state index contributed by atoms with van der Waals surface area (Å²) in [5, 5.41) is 9.05. The Morgan fingerprint density at radius 1 is 1.32 bits per heavy atom. The summed E-state index contributed by atoms with van der Waals surface area (Å²) in [6.07, 6.45) is -4.76. The molecule has 1 aromatic rings. The van der Waals surface area contributed by atoms with Gasteiger partial charge in [0.15, 0.2) is 0 Å². The number of carbonyl (C=O) groups excluding carboxylic acids is 1. The number of hydrogen-bond acceptors (Lipinski definition) is 2. The molecule has 0 aliphatic rings. The van der Waals surface area contributed by atoms with Crippen molar-refractivity contribution in [2.75, 3.05) is 0 Å². The van der Waals surface area contributed by atoms with Crippen molar-refractivity contribution in [3.63, 3.8) is 0 Å². The van der Waals surface area contributed by atoms with Crippen molar-refractivity contribution in [3.8, 4) is 0 Å². The Bertz CT molecular complexity index is 557. The van der Waals surface area contributed by atoms with Crippen LogP contribution in [-0.2, 0) is 6.18 Å². The fourth-order valence-corrected chi connectivity index (χ4v) is 2.36. The number of rotatable bonds is 1. The van der Waals surface area contributed by atoms with E-state index >= 15 is 0 Å². The molecule has 9 heteroatoms. The lowest BCUT2D eigenvalue weighted by Crippen LogP contribution is -2.29. The zero-order chi connectivity index (χ0) is 15.0. The summed E-state index contributed by atoms with van der Waals surface area (Å²) in [6.45, 7) is 1.24. The van der Waals surface area contributed by atoms with E-state index in [9.17, 15) is 22.4 Å². The molecule has 1 rings (SSSR count). The normalized spacial score (nSPS) is 11.3. The monoisotopic (exact) mass is 404 g/mol. The van der Waals surface area contributed by atoms with Crippen molar-refractivity contribution < 1.29 is 22.4 Å². The van der Waals surface area contributed by atoms with E-state index in [0.29, 0.717) is 0 Å². The van der Waals surface area contributed by atoms with Gasteiger partial charge in [-0.3, -0.25) is 10.2 Å². The number of benzene rings is 1. The van der Waals surface area contributed by atoms with Gasteiger partial charge in [0.2, 0.25) is 0 Å². The van der Waals surface area contributed by atoms with Crippen molar-refractivity contribution in [1.29, 1.82) is 5.41 Å². The minimum Gasteiger partial charge on any atom is -0.311 e. The number of alkyl halides is 3. The van der Waals surface area contributed by atoms with Gasteiger partial charge < -0.3 is 5.32 Å². The van der Waals surface area contributed by atoms with Crippen LogP contribution in [0.2, 0.25) is 0 Å². The van der Waals surface area contributed by atoms with Gasteiger partial charge in [0.1, 0.15) is 5.82 Å². The molecule has 0 aliphatic heterocycles. The second-order valence-electron chi connectivity index (χ2n) is 3.49. The summed E-state index contributed by atoms with van der Waals surface area (Å²) >= 11 is 5.41. The Morgan fingerprint density at radius 3 is 2.26 bits per heavy atom. The third-order valence-corrected chi connectivity index (χ3v) is 4.14. The molecular formula is C10H6Br2F4N2O. The summed E-state index contributed by atoms with van der Waals surface area (Å²) in [4.78, 5) is 11.6. The van der Waals surface area contributed by atoms with Gasteiger partial charge in [0, 0.05) is 8.95 Å². The quantitative estimate of drug-likeness (QED) is 0.314. The largest absolute Gasteiger partial charge is 0.417 e. The first-order valence-corrected chi connectivity index (χ1v) is 6.25. The van der Waals surface area contributed by atoms with Crippen molar-refractivity contribution in [2.24, 2.45) is 0 Å². The fraction of sp³-hybridized carbons (Fsp3) is 0.200. The Labute approximate surface area is 122 Å². The van der Waals surface area contributed by atoms with E-state index in [4.69, 9.17) is 5.41 Å². The van der Waals surface area contributed by atoms with Crippen LogP contribution in [0.15, 0.2) is 15.0 Å². The lowest BCUT2D eigenvalue weighted by molar-refractivity contribution is -0.138. The van der Waals surface area contributed by atoms with Crippen LogP contribution in [0.1, 0.15) is 22.8 Å². The van der Waals surface area contributed by atoms with Crippen LogP contribution in [0, 0.1) is 11.2 Å². The highest BCUT2D eigenvalue weighted by atomic mass is 79.9. The van der Waals surface area contributed by atoms with Gasteiger partial charge in [-0.25, -0.2) is 4.39 Å². The first-order chi connectivity index (χ1) is 8.55. The van der Waals surface area contributed by atoms with Crippen LogP contribution < -0.4 is 5.32 Å². The maximum Gasteiger partial charge on any atom is 0.417 e. The minimum atomic E-state index is -4.76. The van der Waals surface area contributed by atoms with Crippen molar-refractivity contribution in [3.05, 3.63) is 32.0 Å². The molecule has 0 aromatic heterocycles. The molecule has 0 saturated heterocycles. The number of halogens is 6. The topological polar surface area (TPSA) is 53.0 Å². The van der Waals surface area contributed by atoms with Crippen molar-refractivity contribution >= 4 is 43.6 Å². The molecular weight excluding hydrogens is 400 g/mol. The summed E-state index contributed by atoms with van der Waals surface area (Å²) < 4.78 is 50.6. The first-order valence-electron chi connectivity index (χ1n) is 4.67. The number of carbonyl (C=O) groups is 1. The van der Waals surface area contributed by atoms with E-state index in [1.807, 2.05) is 5.32 Å². The van der Waals surface area contributed by atoms with Gasteiger partial charge in [-0.1, -0.05) is 0 Å². The van der Waals surface area contributed by atoms with Gasteiger partial charge >= 0.3 is 6.18 Å². The molecule has 0 fully saturated rings. The second kappa shape index (κ2) is 5.58. The van der Waals surface area contributed by atoms with Crippen molar-refractivity contribution in [2.45, 2.75) is 13.1 Å². The molecule has 0 atom stereocenters. The van der Waals surface area contributed by atoms with Gasteiger partial charge in [0.05, 0.1) is 17.0 Å². The maximum absolute atomic E-state index is 13.6. The molecule has 0 unspecified atom stereocenters. The third-order valence-electron chi connectivity index (χ3n) is 1.99. The average molecular weight is 406 g/mol. The third kappa shape index (κ3) is 3.53. The Kier molecular flexibility index (Phi) is 4.72. The Balaban J connectivity index is 3.43. The molecule has 0 aliphatic carbocycles. The van der Waals surface area contributed by atoms with Crippen LogP contribution in [0.25, 0.3) is 0 Å². The van der Waals surface area contributed by atoms with Crippen LogP contribution in [0.5, 0.6) is 0 Å². The van der Waals surface area contributed by atoms with Crippen LogP contribution in [0.4, 0.5) is 17.6 Å². The predicted octanol–water partition coefficient (Wildman–Crippen LogP) is 4.10. The van der Waals surface area contributed by atoms with Gasteiger partial charge in [-0.15, -0.1) is 0 Å². The van der Waals surface area contributed by atoms with Gasteiger partial charge in [-0.05, 0) is 44.8 Å². The predicted molar refractivity (Wildman–Crippen MR) is 67.7 cm³/mol. The number of nitrogens with one attached hydrogen (secondary N) is 2. The first kappa shape index (κ1) is 16.1. The van der Waals surface area contributed by atoms with E-state index in [1.54, 1.807) is 0 Å². The standard InChI is InChI=1S/C10H6Br2F4N2O/c1-3(17)18-9(19)6-5(13)2-4(10(14,15)16)7(11)8(6)12/h2H,1H3,(H2,17,18,19). The zero-order valence-corrected chi connectivity index (χ0v) is 12.4. The highest BCUT2D eigenvalue weighted by molar-refractivity contribution is 9.13. The molecule has 1 aromatic carbocycles. The Hall–Kier alpha value is -0.960. The SMILES string of the molecule is CC(=N)NC(=O)c1c(F)cc(C(F)(F)F)c(Br)c1Br. The smallest absolute Gasteiger partial charge is 0.311 e. The second-order valence-corrected chi connectivity index (χ2v) is 5.07. The summed E-state index contributed by atoms with van der Waals surface area (Å²) in [5.41, 5.74) is -1.84. The van der Waals surface area contributed by atoms with Gasteiger partial charge in [0.25, 0.3) is 5.91 Å².